The van der Waals surface area contributed by atoms with E-state index >= 15 is 0 Å². The molecule has 0 aliphatic carbocycles. The number of sulfone groups is 1. The molecule has 1 N–H and O–H groups in total. The zero-order valence-electron chi connectivity index (χ0n) is 10.9. The van der Waals surface area contributed by atoms with Crippen LogP contribution in [0, 0.1) is 0 Å². The van der Waals surface area contributed by atoms with Crippen molar-refractivity contribution < 1.29 is 13.5 Å². The number of benzene rings is 1. The number of hydrogen-bond donors (Lipinski definition) is 1. The smallest absolute Gasteiger partial charge is 0.178 e. The molecule has 2 heterocycles. The van der Waals surface area contributed by atoms with E-state index in [2.05, 4.69) is 4.98 Å². The van der Waals surface area contributed by atoms with Gasteiger partial charge >= 0.3 is 0 Å². The first-order valence-corrected chi connectivity index (χ1v) is 8.10. The Hall–Kier alpha value is -1.72. The van der Waals surface area contributed by atoms with Crippen LogP contribution in [0.2, 0.25) is 0 Å². The van der Waals surface area contributed by atoms with Gasteiger partial charge in [0.15, 0.2) is 9.84 Å². The van der Waals surface area contributed by atoms with Crippen molar-refractivity contribution in [2.75, 3.05) is 5.75 Å². The van der Waals surface area contributed by atoms with Crippen molar-refractivity contribution in [1.82, 2.24) is 4.98 Å². The maximum Gasteiger partial charge on any atom is 0.178 e. The third-order valence-electron chi connectivity index (χ3n) is 3.73. The highest BCUT2D eigenvalue weighted by Crippen LogP contribution is 2.38. The Morgan fingerprint density at radius 2 is 2.00 bits per heavy atom. The minimum atomic E-state index is -3.28. The molecule has 3 rings (SSSR count). The third kappa shape index (κ3) is 2.23. The molecule has 104 valence electrons. The normalized spacial score (nSPS) is 24.1. The van der Waals surface area contributed by atoms with Crippen molar-refractivity contribution in [3.63, 3.8) is 0 Å². The number of pyridine rings is 1. The summed E-state index contributed by atoms with van der Waals surface area (Å²) in [7, 11) is -3.28. The number of hydrogen-bond acceptors (Lipinski definition) is 4. The van der Waals surface area contributed by atoms with Gasteiger partial charge in [-0.05, 0) is 24.1 Å². The third-order valence-corrected chi connectivity index (χ3v) is 5.49. The highest BCUT2D eigenvalue weighted by atomic mass is 32.2. The molecule has 0 radical (unpaired) electrons. The maximum atomic E-state index is 12.1. The molecule has 0 saturated heterocycles. The first kappa shape index (κ1) is 13.3. The van der Waals surface area contributed by atoms with Crippen LogP contribution in [-0.4, -0.2) is 24.3 Å². The second-order valence-electron chi connectivity index (χ2n) is 5.13. The molecule has 1 aliphatic rings. The molecule has 1 unspecified atom stereocenters. The second-order valence-corrected chi connectivity index (χ2v) is 7.21. The van der Waals surface area contributed by atoms with Crippen LogP contribution < -0.4 is 0 Å². The highest BCUT2D eigenvalue weighted by molar-refractivity contribution is 7.91. The van der Waals surface area contributed by atoms with Crippen molar-refractivity contribution in [3.05, 3.63) is 59.9 Å². The fourth-order valence-electron chi connectivity index (χ4n) is 2.69. The average molecular weight is 289 g/mol. The molecule has 0 amide bonds. The molecular weight excluding hydrogens is 274 g/mol. The van der Waals surface area contributed by atoms with Gasteiger partial charge in [0.2, 0.25) is 0 Å². The van der Waals surface area contributed by atoms with Crippen LogP contribution in [0.25, 0.3) is 0 Å². The summed E-state index contributed by atoms with van der Waals surface area (Å²) >= 11 is 0. The van der Waals surface area contributed by atoms with Crippen molar-refractivity contribution in [2.45, 2.75) is 23.3 Å². The Balaban J connectivity index is 2.07. The van der Waals surface area contributed by atoms with Gasteiger partial charge in [0, 0.05) is 24.4 Å². The van der Waals surface area contributed by atoms with E-state index in [1.165, 1.54) is 0 Å². The lowest BCUT2D eigenvalue weighted by atomic mass is 9.85. The van der Waals surface area contributed by atoms with E-state index in [9.17, 15) is 13.5 Å². The average Bonchev–Trinajstić information content (AvgIpc) is 2.45. The van der Waals surface area contributed by atoms with Gasteiger partial charge in [-0.1, -0.05) is 24.3 Å². The van der Waals surface area contributed by atoms with Crippen LogP contribution in [0.15, 0.2) is 53.7 Å². The summed E-state index contributed by atoms with van der Waals surface area (Å²) < 4.78 is 24.2. The van der Waals surface area contributed by atoms with E-state index < -0.39 is 15.4 Å². The lowest BCUT2D eigenvalue weighted by molar-refractivity contribution is 0.0282. The largest absolute Gasteiger partial charge is 0.385 e. The van der Waals surface area contributed by atoms with Crippen LogP contribution in [0.3, 0.4) is 0 Å². The predicted molar refractivity (Wildman–Crippen MR) is 74.9 cm³/mol. The van der Waals surface area contributed by atoms with E-state index in [1.807, 2.05) is 12.1 Å². The van der Waals surface area contributed by atoms with Crippen LogP contribution in [0.5, 0.6) is 0 Å². The molecular formula is C15H15NO3S. The summed E-state index contributed by atoms with van der Waals surface area (Å²) in [6.45, 7) is 0. The molecule has 2 aromatic rings. The molecule has 0 spiro atoms. The Morgan fingerprint density at radius 1 is 1.20 bits per heavy atom. The molecule has 1 aromatic heterocycles. The molecule has 1 aliphatic heterocycles. The first-order valence-electron chi connectivity index (χ1n) is 6.45. The highest BCUT2D eigenvalue weighted by Gasteiger charge is 2.40. The van der Waals surface area contributed by atoms with E-state index in [1.54, 1.807) is 36.7 Å². The topological polar surface area (TPSA) is 67.3 Å². The fourth-order valence-corrected chi connectivity index (χ4v) is 4.40. The minimum Gasteiger partial charge on any atom is -0.385 e. The zero-order chi connectivity index (χ0) is 14.2. The van der Waals surface area contributed by atoms with Crippen LogP contribution in [0.4, 0.5) is 0 Å². The quantitative estimate of drug-likeness (QED) is 0.913. The van der Waals surface area contributed by atoms with Crippen molar-refractivity contribution in [2.24, 2.45) is 0 Å². The second kappa shape index (κ2) is 4.68. The SMILES string of the molecule is O=S1(=O)CCC(O)(Cc2cccnc2)c2ccccc21. The summed E-state index contributed by atoms with van der Waals surface area (Å²) in [5.41, 5.74) is 0.240. The molecule has 4 nitrogen and oxygen atoms in total. The van der Waals surface area contributed by atoms with Crippen LogP contribution >= 0.6 is 0 Å². The summed E-state index contributed by atoms with van der Waals surface area (Å²) in [6.07, 6.45) is 3.95. The predicted octanol–water partition coefficient (Wildman–Crippen LogP) is 1.69. The van der Waals surface area contributed by atoms with E-state index in [0.717, 1.165) is 5.56 Å². The van der Waals surface area contributed by atoms with Gasteiger partial charge in [-0.3, -0.25) is 4.98 Å². The molecule has 0 bridgehead atoms. The summed E-state index contributed by atoms with van der Waals surface area (Å²) in [5.74, 6) is -0.0270. The number of aromatic nitrogens is 1. The Kier molecular flexibility index (Phi) is 3.11. The van der Waals surface area contributed by atoms with E-state index in [-0.39, 0.29) is 17.1 Å². The molecule has 0 fully saturated rings. The molecule has 0 saturated carbocycles. The molecule has 1 atom stereocenters. The zero-order valence-corrected chi connectivity index (χ0v) is 11.7. The van der Waals surface area contributed by atoms with Gasteiger partial charge in [-0.15, -0.1) is 0 Å². The van der Waals surface area contributed by atoms with E-state index in [4.69, 9.17) is 0 Å². The van der Waals surface area contributed by atoms with Gasteiger partial charge in [0.25, 0.3) is 0 Å². The number of nitrogens with zero attached hydrogens (tertiary/aromatic N) is 1. The number of fused-ring (bicyclic) bond motifs is 1. The maximum absolute atomic E-state index is 12.1. The Labute approximate surface area is 118 Å². The summed E-state index contributed by atoms with van der Waals surface area (Å²) in [4.78, 5) is 4.28. The van der Waals surface area contributed by atoms with Crippen LogP contribution in [-0.2, 0) is 21.9 Å². The lowest BCUT2D eigenvalue weighted by Crippen LogP contribution is -2.37. The number of aliphatic hydroxyl groups is 1. The first-order chi connectivity index (χ1) is 9.51. The monoisotopic (exact) mass is 289 g/mol. The molecule has 1 aromatic carbocycles. The molecule has 5 heteroatoms. The van der Waals surface area contributed by atoms with Gasteiger partial charge in [-0.25, -0.2) is 8.42 Å². The molecule has 20 heavy (non-hydrogen) atoms. The van der Waals surface area contributed by atoms with Crippen molar-refractivity contribution in [3.8, 4) is 0 Å². The van der Waals surface area contributed by atoms with Gasteiger partial charge in [0.05, 0.1) is 16.2 Å². The van der Waals surface area contributed by atoms with Gasteiger partial charge < -0.3 is 5.11 Å². The Bertz CT molecular complexity index is 728. The van der Waals surface area contributed by atoms with Crippen molar-refractivity contribution >= 4 is 9.84 Å². The summed E-state index contributed by atoms with van der Waals surface area (Å²) in [5, 5.41) is 10.9. The van der Waals surface area contributed by atoms with E-state index in [0.29, 0.717) is 12.0 Å². The van der Waals surface area contributed by atoms with Gasteiger partial charge in [-0.2, -0.15) is 0 Å². The summed E-state index contributed by atoms with van der Waals surface area (Å²) in [6, 6.07) is 10.4. The minimum absolute atomic E-state index is 0.0270. The fraction of sp³-hybridized carbons (Fsp3) is 0.267. The Morgan fingerprint density at radius 3 is 2.75 bits per heavy atom. The van der Waals surface area contributed by atoms with Crippen molar-refractivity contribution in [1.29, 1.82) is 0 Å². The van der Waals surface area contributed by atoms with Gasteiger partial charge in [0.1, 0.15) is 0 Å². The van der Waals surface area contributed by atoms with Crippen LogP contribution in [0.1, 0.15) is 17.5 Å². The standard InChI is InChI=1S/C15H15NO3S/c17-15(10-12-4-3-8-16-11-12)7-9-20(18,19)14-6-2-1-5-13(14)15/h1-6,8,11,17H,7,9-10H2. The number of rotatable bonds is 2. The lowest BCUT2D eigenvalue weighted by Gasteiger charge is -2.34.